The molecule has 36 heavy (non-hydrogen) atoms. The lowest BCUT2D eigenvalue weighted by Gasteiger charge is -2.49. The molecule has 6 heteroatoms. The quantitative estimate of drug-likeness (QED) is 0.535. The molecule has 0 aliphatic heterocycles. The van der Waals surface area contributed by atoms with Gasteiger partial charge in [0.1, 0.15) is 11.6 Å². The SMILES string of the molecule is CCOC(=O)N[C@@H]1CC[C@@H]2[C@@H](C1)C[C@H]1CC(=O)[C@H](C)[C@H]1[C@H]2/C=C/c1ccc(-c2cccc(F)c2)cn1. The highest BCUT2D eigenvalue weighted by molar-refractivity contribution is 5.83. The Kier molecular flexibility index (Phi) is 7.22. The third kappa shape index (κ3) is 5.09. The molecule has 1 aromatic heterocycles. The average molecular weight is 491 g/mol. The summed E-state index contributed by atoms with van der Waals surface area (Å²) in [5, 5.41) is 3.05. The van der Waals surface area contributed by atoms with Crippen molar-refractivity contribution < 1.29 is 18.7 Å². The molecule has 190 valence electrons. The molecule has 0 radical (unpaired) electrons. The van der Waals surface area contributed by atoms with Crippen LogP contribution in [0.25, 0.3) is 17.2 Å². The van der Waals surface area contributed by atoms with E-state index in [9.17, 15) is 14.0 Å². The number of fused-ring (bicyclic) bond motifs is 2. The summed E-state index contributed by atoms with van der Waals surface area (Å²) >= 11 is 0. The van der Waals surface area contributed by atoms with Crippen molar-refractivity contribution in [3.05, 3.63) is 60.2 Å². The molecule has 0 bridgehead atoms. The van der Waals surface area contributed by atoms with Gasteiger partial charge in [-0.15, -0.1) is 0 Å². The molecular formula is C30H35FN2O3. The van der Waals surface area contributed by atoms with Crippen molar-refractivity contribution in [2.75, 3.05) is 6.61 Å². The molecule has 5 rings (SSSR count). The number of hydrogen-bond acceptors (Lipinski definition) is 4. The van der Waals surface area contributed by atoms with Crippen molar-refractivity contribution in [1.82, 2.24) is 10.3 Å². The monoisotopic (exact) mass is 490 g/mol. The number of benzene rings is 1. The van der Waals surface area contributed by atoms with Crippen LogP contribution < -0.4 is 5.32 Å². The number of aromatic nitrogens is 1. The molecule has 3 saturated carbocycles. The Morgan fingerprint density at radius 2 is 2.03 bits per heavy atom. The van der Waals surface area contributed by atoms with Crippen LogP contribution in [0, 0.1) is 41.3 Å². The molecule has 1 amide bonds. The third-order valence-electron chi connectivity index (χ3n) is 8.71. The molecule has 3 aliphatic carbocycles. The lowest BCUT2D eigenvalue weighted by atomic mass is 9.57. The topological polar surface area (TPSA) is 68.3 Å². The molecule has 0 spiro atoms. The smallest absolute Gasteiger partial charge is 0.407 e. The fourth-order valence-corrected chi connectivity index (χ4v) is 7.12. The Labute approximate surface area is 212 Å². The predicted molar refractivity (Wildman–Crippen MR) is 137 cm³/mol. The maximum atomic E-state index is 13.6. The van der Waals surface area contributed by atoms with Gasteiger partial charge in [-0.05, 0) is 92.0 Å². The second kappa shape index (κ2) is 10.5. The van der Waals surface area contributed by atoms with Crippen molar-refractivity contribution in [3.63, 3.8) is 0 Å². The van der Waals surface area contributed by atoms with Crippen LogP contribution in [0.15, 0.2) is 48.7 Å². The number of Topliss-reactive ketones (excluding diaryl/α,β-unsaturated/α-hetero) is 1. The highest BCUT2D eigenvalue weighted by Gasteiger charge is 2.52. The first kappa shape index (κ1) is 24.7. The van der Waals surface area contributed by atoms with Crippen LogP contribution >= 0.6 is 0 Å². The van der Waals surface area contributed by atoms with Crippen LogP contribution in [-0.2, 0) is 9.53 Å². The molecule has 0 saturated heterocycles. The number of nitrogens with one attached hydrogen (secondary N) is 1. The van der Waals surface area contributed by atoms with Gasteiger partial charge in [0.2, 0.25) is 0 Å². The molecular weight excluding hydrogens is 455 g/mol. The zero-order chi connectivity index (χ0) is 25.2. The highest BCUT2D eigenvalue weighted by atomic mass is 19.1. The molecule has 3 fully saturated rings. The van der Waals surface area contributed by atoms with Crippen LogP contribution in [0.4, 0.5) is 9.18 Å². The molecule has 2 aromatic rings. The number of halogens is 1. The van der Waals surface area contributed by atoms with E-state index in [2.05, 4.69) is 29.4 Å². The Morgan fingerprint density at radius 3 is 2.78 bits per heavy atom. The molecule has 1 aromatic carbocycles. The summed E-state index contributed by atoms with van der Waals surface area (Å²) in [6.07, 6.45) is 10.5. The number of carbonyl (C=O) groups excluding carboxylic acids is 2. The Hall–Kier alpha value is -3.02. The summed E-state index contributed by atoms with van der Waals surface area (Å²) in [6, 6.07) is 10.6. The Bertz CT molecular complexity index is 1130. The van der Waals surface area contributed by atoms with Gasteiger partial charge >= 0.3 is 6.09 Å². The second-order valence-corrected chi connectivity index (χ2v) is 10.7. The number of ketones is 1. The first-order valence-electron chi connectivity index (χ1n) is 13.3. The van der Waals surface area contributed by atoms with Crippen molar-refractivity contribution in [1.29, 1.82) is 0 Å². The van der Waals surface area contributed by atoms with Crippen LogP contribution in [0.1, 0.15) is 51.6 Å². The third-order valence-corrected chi connectivity index (χ3v) is 8.71. The predicted octanol–water partition coefficient (Wildman–Crippen LogP) is 6.29. The number of alkyl carbamates (subject to hydrolysis) is 1. The van der Waals surface area contributed by atoms with Gasteiger partial charge in [0.05, 0.1) is 12.3 Å². The van der Waals surface area contributed by atoms with Crippen LogP contribution in [0.3, 0.4) is 0 Å². The largest absolute Gasteiger partial charge is 0.450 e. The fraction of sp³-hybridized carbons (Fsp3) is 0.500. The van der Waals surface area contributed by atoms with Crippen molar-refractivity contribution >= 4 is 18.0 Å². The van der Waals surface area contributed by atoms with E-state index in [4.69, 9.17) is 4.74 Å². The first-order chi connectivity index (χ1) is 17.4. The minimum Gasteiger partial charge on any atom is -0.450 e. The summed E-state index contributed by atoms with van der Waals surface area (Å²) in [7, 11) is 0. The lowest BCUT2D eigenvalue weighted by Crippen LogP contribution is -2.47. The standard InChI is InChI=1S/C30H35FN2O3/c1-3-36-30(35)33-25-10-11-26-21(15-25)13-22-16-28(34)18(2)29(22)27(26)12-9-24-8-7-20(17-32-24)19-5-4-6-23(31)14-19/h4-9,12,14,17-18,21-22,25-27,29H,3,10-11,13,15-16H2,1-2H3,(H,33,35)/b12-9+/t18-,21+,22-,25+,26+,27-,29+/m0/s1. The maximum Gasteiger partial charge on any atom is 0.407 e. The number of ether oxygens (including phenoxy) is 1. The number of nitrogens with zero attached hydrogens (tertiary/aromatic N) is 1. The number of carbonyl (C=O) groups is 2. The zero-order valence-electron chi connectivity index (χ0n) is 21.0. The maximum absolute atomic E-state index is 13.6. The van der Waals surface area contributed by atoms with E-state index >= 15 is 0 Å². The van der Waals surface area contributed by atoms with E-state index in [0.717, 1.165) is 42.5 Å². The Balaban J connectivity index is 1.34. The normalized spacial score (nSPS) is 31.6. The summed E-state index contributed by atoms with van der Waals surface area (Å²) < 4.78 is 18.7. The minimum absolute atomic E-state index is 0.0873. The summed E-state index contributed by atoms with van der Waals surface area (Å²) in [5.41, 5.74) is 2.55. The van der Waals surface area contributed by atoms with Gasteiger partial charge < -0.3 is 10.1 Å². The van der Waals surface area contributed by atoms with E-state index in [1.54, 1.807) is 12.3 Å². The van der Waals surface area contributed by atoms with Gasteiger partial charge in [0, 0.05) is 30.1 Å². The Morgan fingerprint density at radius 1 is 1.17 bits per heavy atom. The lowest BCUT2D eigenvalue weighted by molar-refractivity contribution is -0.121. The second-order valence-electron chi connectivity index (χ2n) is 10.7. The molecule has 0 unspecified atom stereocenters. The number of hydrogen-bond donors (Lipinski definition) is 1. The summed E-state index contributed by atoms with van der Waals surface area (Å²) in [4.78, 5) is 29.3. The van der Waals surface area contributed by atoms with Gasteiger partial charge in [-0.3, -0.25) is 9.78 Å². The zero-order valence-corrected chi connectivity index (χ0v) is 21.0. The van der Waals surface area contributed by atoms with Crippen molar-refractivity contribution in [2.45, 2.75) is 52.0 Å². The van der Waals surface area contributed by atoms with E-state index < -0.39 is 0 Å². The van der Waals surface area contributed by atoms with Gasteiger partial charge in [0.25, 0.3) is 0 Å². The first-order valence-corrected chi connectivity index (χ1v) is 13.3. The number of allylic oxidation sites excluding steroid dienone is 1. The van der Waals surface area contributed by atoms with Gasteiger partial charge in [-0.2, -0.15) is 0 Å². The molecule has 1 N–H and O–H groups in total. The van der Waals surface area contributed by atoms with Crippen LogP contribution in [-0.4, -0.2) is 29.5 Å². The number of rotatable bonds is 5. The molecule has 3 aliphatic rings. The van der Waals surface area contributed by atoms with E-state index in [1.165, 1.54) is 12.1 Å². The summed E-state index contributed by atoms with van der Waals surface area (Å²) in [6.45, 7) is 4.30. The number of amides is 1. The van der Waals surface area contributed by atoms with Crippen molar-refractivity contribution in [2.24, 2.45) is 35.5 Å². The molecule has 7 atom stereocenters. The van der Waals surface area contributed by atoms with Gasteiger partial charge in [-0.25, -0.2) is 9.18 Å². The average Bonchev–Trinajstić information content (AvgIpc) is 3.15. The van der Waals surface area contributed by atoms with Gasteiger partial charge in [0.15, 0.2) is 0 Å². The molecule has 5 nitrogen and oxygen atoms in total. The van der Waals surface area contributed by atoms with Crippen molar-refractivity contribution in [3.8, 4) is 11.1 Å². The van der Waals surface area contributed by atoms with E-state index in [1.807, 2.05) is 25.1 Å². The van der Waals surface area contributed by atoms with Crippen LogP contribution in [0.5, 0.6) is 0 Å². The van der Waals surface area contributed by atoms with E-state index in [-0.39, 0.29) is 23.9 Å². The van der Waals surface area contributed by atoms with Gasteiger partial charge in [-0.1, -0.05) is 31.2 Å². The molecule has 1 heterocycles. The highest BCUT2D eigenvalue weighted by Crippen LogP contribution is 2.55. The fourth-order valence-electron chi connectivity index (χ4n) is 7.12. The van der Waals surface area contributed by atoms with E-state index in [0.29, 0.717) is 48.4 Å². The minimum atomic E-state index is -0.330. The number of pyridine rings is 1. The summed E-state index contributed by atoms with van der Waals surface area (Å²) in [5.74, 6) is 2.31. The van der Waals surface area contributed by atoms with Crippen LogP contribution in [0.2, 0.25) is 0 Å².